The first-order valence-corrected chi connectivity index (χ1v) is 8.82. The van der Waals surface area contributed by atoms with Gasteiger partial charge in [0.05, 0.1) is 5.52 Å². The fraction of sp³-hybridized carbons (Fsp3) is 0.0500. The number of hydrogen-bond donors (Lipinski definition) is 0. The summed E-state index contributed by atoms with van der Waals surface area (Å²) in [4.78, 5) is 14.3. The second-order valence-corrected chi connectivity index (χ2v) is 6.73. The van der Waals surface area contributed by atoms with E-state index in [1.54, 1.807) is 0 Å². The van der Waals surface area contributed by atoms with Crippen LogP contribution in [0.15, 0.2) is 89.8 Å². The van der Waals surface area contributed by atoms with Gasteiger partial charge in [-0.2, -0.15) is 4.68 Å². The van der Waals surface area contributed by atoms with Crippen LogP contribution in [-0.2, 0) is 0 Å². The first kappa shape index (κ1) is 15.6. The van der Waals surface area contributed by atoms with Crippen LogP contribution in [0.1, 0.15) is 15.6 Å². The van der Waals surface area contributed by atoms with Gasteiger partial charge in [0.2, 0.25) is 0 Å². The normalized spacial score (nSPS) is 12.2. The molecule has 1 atom stereocenters. The van der Waals surface area contributed by atoms with E-state index < -0.39 is 5.25 Å². The van der Waals surface area contributed by atoms with Gasteiger partial charge in [-0.25, -0.2) is 0 Å². The second-order valence-electron chi connectivity index (χ2n) is 5.55. The molecule has 0 saturated carbocycles. The molecule has 3 aromatic carbocycles. The van der Waals surface area contributed by atoms with Crippen LogP contribution < -0.4 is 0 Å². The summed E-state index contributed by atoms with van der Waals surface area (Å²) >= 11 is 1.52. The summed E-state index contributed by atoms with van der Waals surface area (Å²) in [6.45, 7) is 0. The lowest BCUT2D eigenvalue weighted by Gasteiger charge is -2.16. The van der Waals surface area contributed by atoms with Gasteiger partial charge in [0.1, 0.15) is 10.8 Å². The van der Waals surface area contributed by atoms with Gasteiger partial charge in [-0.15, -0.1) is 16.9 Å². The monoisotopic (exact) mass is 345 g/mol. The summed E-state index contributed by atoms with van der Waals surface area (Å²) in [6.07, 6.45) is 0. The van der Waals surface area contributed by atoms with Crippen molar-refractivity contribution in [3.05, 3.63) is 90.5 Å². The zero-order chi connectivity index (χ0) is 17.1. The quantitative estimate of drug-likeness (QED) is 0.507. The van der Waals surface area contributed by atoms with Gasteiger partial charge in [0.25, 0.3) is 5.91 Å². The smallest absolute Gasteiger partial charge is 0.266 e. The van der Waals surface area contributed by atoms with Crippen molar-refractivity contribution in [1.29, 1.82) is 0 Å². The molecule has 0 radical (unpaired) electrons. The van der Waals surface area contributed by atoms with Crippen LogP contribution in [0.5, 0.6) is 0 Å². The Kier molecular flexibility index (Phi) is 4.31. The highest BCUT2D eigenvalue weighted by Crippen LogP contribution is 2.36. The van der Waals surface area contributed by atoms with Crippen molar-refractivity contribution in [2.45, 2.75) is 10.1 Å². The van der Waals surface area contributed by atoms with Gasteiger partial charge < -0.3 is 0 Å². The van der Waals surface area contributed by atoms with Crippen molar-refractivity contribution in [2.24, 2.45) is 0 Å². The minimum absolute atomic E-state index is 0.103. The predicted octanol–water partition coefficient (Wildman–Crippen LogP) is 4.61. The molecule has 4 rings (SSSR count). The molecule has 1 heterocycles. The number of hydrogen-bond acceptors (Lipinski definition) is 4. The lowest BCUT2D eigenvalue weighted by molar-refractivity contribution is 0.0898. The van der Waals surface area contributed by atoms with Gasteiger partial charge >= 0.3 is 0 Å². The van der Waals surface area contributed by atoms with Crippen LogP contribution >= 0.6 is 11.8 Å². The molecule has 0 aliphatic carbocycles. The molecule has 0 bridgehead atoms. The summed E-state index contributed by atoms with van der Waals surface area (Å²) in [5, 5.41) is 7.80. The van der Waals surface area contributed by atoms with Crippen LogP contribution in [0.2, 0.25) is 0 Å². The maximum absolute atomic E-state index is 13.3. The first-order valence-electron chi connectivity index (χ1n) is 7.94. The van der Waals surface area contributed by atoms with Crippen molar-refractivity contribution in [1.82, 2.24) is 15.0 Å². The number of aromatic nitrogens is 3. The molecule has 0 amide bonds. The molecule has 1 aromatic heterocycles. The van der Waals surface area contributed by atoms with Crippen LogP contribution in [-0.4, -0.2) is 20.9 Å². The molecule has 0 saturated heterocycles. The standard InChI is InChI=1S/C20H15N3OS/c24-20(23-18-14-8-7-13-17(18)21-22-23)19(15-9-3-1-4-10-15)25-16-11-5-2-6-12-16/h1-14,19H/t19-/m1/s1. The van der Waals surface area contributed by atoms with Crippen LogP contribution in [0.3, 0.4) is 0 Å². The van der Waals surface area contributed by atoms with Gasteiger partial charge in [-0.05, 0) is 29.8 Å². The number of benzene rings is 3. The molecule has 0 fully saturated rings. The summed E-state index contributed by atoms with van der Waals surface area (Å²) < 4.78 is 1.41. The molecule has 0 aliphatic heterocycles. The molecule has 25 heavy (non-hydrogen) atoms. The molecule has 5 heteroatoms. The van der Waals surface area contributed by atoms with Crippen molar-refractivity contribution >= 4 is 28.7 Å². The van der Waals surface area contributed by atoms with Crippen LogP contribution in [0.25, 0.3) is 11.0 Å². The maximum atomic E-state index is 13.3. The molecular formula is C20H15N3OS. The van der Waals surface area contributed by atoms with E-state index in [-0.39, 0.29) is 5.91 Å². The Labute approximate surface area is 149 Å². The van der Waals surface area contributed by atoms with Gasteiger partial charge in [-0.1, -0.05) is 65.9 Å². The Morgan fingerprint density at radius 1 is 0.840 bits per heavy atom. The number of fused-ring (bicyclic) bond motifs is 1. The highest BCUT2D eigenvalue weighted by atomic mass is 32.2. The summed E-state index contributed by atoms with van der Waals surface area (Å²) in [5.74, 6) is -0.103. The lowest BCUT2D eigenvalue weighted by atomic mass is 10.1. The number of carbonyl (C=O) groups is 1. The van der Waals surface area contributed by atoms with Gasteiger partial charge in [0, 0.05) is 4.90 Å². The summed E-state index contributed by atoms with van der Waals surface area (Å²) in [7, 11) is 0. The summed E-state index contributed by atoms with van der Waals surface area (Å²) in [6, 6.07) is 27.2. The zero-order valence-electron chi connectivity index (χ0n) is 13.3. The fourth-order valence-electron chi connectivity index (χ4n) is 2.67. The van der Waals surface area contributed by atoms with E-state index in [0.717, 1.165) is 16.0 Å². The van der Waals surface area contributed by atoms with Crippen molar-refractivity contribution < 1.29 is 4.79 Å². The second kappa shape index (κ2) is 6.91. The molecule has 0 unspecified atom stereocenters. The SMILES string of the molecule is O=C([C@H](Sc1ccccc1)c1ccccc1)n1nnc2ccccc21. The van der Waals surface area contributed by atoms with Crippen molar-refractivity contribution in [2.75, 3.05) is 0 Å². The number of rotatable bonds is 4. The topological polar surface area (TPSA) is 47.8 Å². The van der Waals surface area contributed by atoms with E-state index in [1.165, 1.54) is 16.4 Å². The average Bonchev–Trinajstić information content (AvgIpc) is 3.11. The van der Waals surface area contributed by atoms with Gasteiger partial charge in [-0.3, -0.25) is 4.79 Å². The van der Waals surface area contributed by atoms with E-state index in [1.807, 2.05) is 84.9 Å². The van der Waals surface area contributed by atoms with Crippen molar-refractivity contribution in [3.63, 3.8) is 0 Å². The number of thioether (sulfide) groups is 1. The lowest BCUT2D eigenvalue weighted by Crippen LogP contribution is -2.19. The molecule has 4 nitrogen and oxygen atoms in total. The predicted molar refractivity (Wildman–Crippen MR) is 99.6 cm³/mol. The van der Waals surface area contributed by atoms with Crippen LogP contribution in [0, 0.1) is 0 Å². The van der Waals surface area contributed by atoms with E-state index in [2.05, 4.69) is 10.3 Å². The van der Waals surface area contributed by atoms with Crippen molar-refractivity contribution in [3.8, 4) is 0 Å². The average molecular weight is 345 g/mol. The number of carbonyl (C=O) groups excluding carboxylic acids is 1. The highest BCUT2D eigenvalue weighted by Gasteiger charge is 2.25. The fourth-order valence-corrected chi connectivity index (χ4v) is 3.75. The first-order chi connectivity index (χ1) is 12.3. The highest BCUT2D eigenvalue weighted by molar-refractivity contribution is 8.00. The molecule has 0 aliphatic rings. The molecule has 0 N–H and O–H groups in total. The summed E-state index contributed by atoms with van der Waals surface area (Å²) in [5.41, 5.74) is 2.38. The van der Waals surface area contributed by atoms with E-state index in [9.17, 15) is 4.79 Å². The Morgan fingerprint density at radius 3 is 2.24 bits per heavy atom. The Bertz CT molecular complexity index is 999. The zero-order valence-corrected chi connectivity index (χ0v) is 14.1. The van der Waals surface area contributed by atoms with Crippen LogP contribution in [0.4, 0.5) is 0 Å². The largest absolute Gasteiger partial charge is 0.271 e. The molecule has 0 spiro atoms. The minimum Gasteiger partial charge on any atom is -0.271 e. The molecular weight excluding hydrogens is 330 g/mol. The Hall–Kier alpha value is -2.92. The van der Waals surface area contributed by atoms with Gasteiger partial charge in [0.15, 0.2) is 0 Å². The number of para-hydroxylation sites is 1. The Balaban J connectivity index is 1.76. The minimum atomic E-state index is -0.395. The third kappa shape index (κ3) is 3.19. The maximum Gasteiger partial charge on any atom is 0.266 e. The van der Waals surface area contributed by atoms with E-state index >= 15 is 0 Å². The Morgan fingerprint density at radius 2 is 1.48 bits per heavy atom. The third-order valence-electron chi connectivity index (χ3n) is 3.88. The third-order valence-corrected chi connectivity index (χ3v) is 5.14. The molecule has 4 aromatic rings. The van der Waals surface area contributed by atoms with E-state index in [0.29, 0.717) is 5.52 Å². The number of nitrogens with zero attached hydrogens (tertiary/aromatic N) is 3. The molecule has 122 valence electrons. The van der Waals surface area contributed by atoms with E-state index in [4.69, 9.17) is 0 Å².